The summed E-state index contributed by atoms with van der Waals surface area (Å²) in [6, 6.07) is 3.76. The van der Waals surface area contributed by atoms with Crippen LogP contribution in [-0.2, 0) is 11.3 Å². The molecule has 0 bridgehead atoms. The fourth-order valence-corrected chi connectivity index (χ4v) is 3.06. The van der Waals surface area contributed by atoms with Crippen molar-refractivity contribution < 1.29 is 4.74 Å². The molecule has 20 heavy (non-hydrogen) atoms. The summed E-state index contributed by atoms with van der Waals surface area (Å²) in [5, 5.41) is 2.29. The predicted octanol–water partition coefficient (Wildman–Crippen LogP) is 2.04. The summed E-state index contributed by atoms with van der Waals surface area (Å²) in [6.07, 6.45) is 2.22. The highest BCUT2D eigenvalue weighted by Gasteiger charge is 2.19. The molecule has 106 valence electrons. The molecule has 0 spiro atoms. The fourth-order valence-electron chi connectivity index (χ4n) is 2.50. The summed E-state index contributed by atoms with van der Waals surface area (Å²) >= 11 is 1.34. The number of nitrogens with two attached hydrogens (primary N) is 1. The summed E-state index contributed by atoms with van der Waals surface area (Å²) in [5.74, 6) is 0. The Labute approximate surface area is 121 Å². The number of aromatic nitrogens is 2. The molecule has 1 aliphatic rings. The van der Waals surface area contributed by atoms with Crippen molar-refractivity contribution in [3.63, 3.8) is 0 Å². The Kier molecular flexibility index (Phi) is 3.58. The third-order valence-corrected chi connectivity index (χ3v) is 4.27. The second-order valence-corrected chi connectivity index (χ2v) is 5.90. The van der Waals surface area contributed by atoms with E-state index in [1.807, 2.05) is 24.4 Å². The van der Waals surface area contributed by atoms with Crippen molar-refractivity contribution in [2.24, 2.45) is 0 Å². The summed E-state index contributed by atoms with van der Waals surface area (Å²) in [6.45, 7) is 3.34. The Bertz CT molecular complexity index is 671. The molecule has 5 nitrogen and oxygen atoms in total. The van der Waals surface area contributed by atoms with Gasteiger partial charge in [-0.15, -0.1) is 11.3 Å². The van der Waals surface area contributed by atoms with Gasteiger partial charge in [0.2, 0.25) is 0 Å². The molecule has 1 atom stereocenters. The molecule has 0 aliphatic carbocycles. The van der Waals surface area contributed by atoms with Crippen molar-refractivity contribution in [2.75, 3.05) is 12.3 Å². The molecule has 0 amide bonds. The Hall–Kier alpha value is -1.66. The molecule has 1 fully saturated rings. The van der Waals surface area contributed by atoms with Crippen LogP contribution in [0.25, 0.3) is 11.3 Å². The normalized spacial score (nSPS) is 18.6. The van der Waals surface area contributed by atoms with Crippen LogP contribution in [0.3, 0.4) is 0 Å². The number of ether oxygens (including phenoxy) is 1. The van der Waals surface area contributed by atoms with E-state index < -0.39 is 0 Å². The van der Waals surface area contributed by atoms with Gasteiger partial charge in [-0.3, -0.25) is 4.79 Å². The van der Waals surface area contributed by atoms with E-state index in [9.17, 15) is 4.79 Å². The van der Waals surface area contributed by atoms with Crippen LogP contribution in [0.1, 0.15) is 18.5 Å². The molecule has 1 aliphatic heterocycles. The molecule has 2 N–H and O–H groups in total. The standard InChI is InChI=1S/C14H17N3O2S/c1-9-4-5-11(12-8-20-14(15)16-12)13(18)17(9)7-10-3-2-6-19-10/h4-5,8,10H,2-3,6-7H2,1H3,(H2,15,16). The van der Waals surface area contributed by atoms with Gasteiger partial charge in [0.15, 0.2) is 5.13 Å². The molecule has 3 heterocycles. The zero-order chi connectivity index (χ0) is 14.1. The van der Waals surface area contributed by atoms with Crippen molar-refractivity contribution >= 4 is 16.5 Å². The maximum atomic E-state index is 12.6. The van der Waals surface area contributed by atoms with Crippen LogP contribution in [0.5, 0.6) is 0 Å². The number of anilines is 1. The van der Waals surface area contributed by atoms with E-state index in [1.165, 1.54) is 11.3 Å². The van der Waals surface area contributed by atoms with Gasteiger partial charge >= 0.3 is 0 Å². The van der Waals surface area contributed by atoms with Crippen LogP contribution < -0.4 is 11.3 Å². The van der Waals surface area contributed by atoms with E-state index in [-0.39, 0.29) is 11.7 Å². The first-order chi connectivity index (χ1) is 9.65. The lowest BCUT2D eigenvalue weighted by molar-refractivity contribution is 0.0957. The number of hydrogen-bond acceptors (Lipinski definition) is 5. The minimum Gasteiger partial charge on any atom is -0.376 e. The Morgan fingerprint density at radius 3 is 3.05 bits per heavy atom. The number of rotatable bonds is 3. The minimum atomic E-state index is -0.0224. The minimum absolute atomic E-state index is 0.0224. The smallest absolute Gasteiger partial charge is 0.260 e. The summed E-state index contributed by atoms with van der Waals surface area (Å²) < 4.78 is 7.40. The average Bonchev–Trinajstić information content (AvgIpc) is 3.06. The lowest BCUT2D eigenvalue weighted by atomic mass is 10.2. The van der Waals surface area contributed by atoms with Crippen LogP contribution >= 0.6 is 11.3 Å². The number of nitrogen functional groups attached to an aromatic ring is 1. The maximum Gasteiger partial charge on any atom is 0.260 e. The van der Waals surface area contributed by atoms with E-state index in [2.05, 4.69) is 4.98 Å². The molecule has 6 heteroatoms. The largest absolute Gasteiger partial charge is 0.376 e. The van der Waals surface area contributed by atoms with E-state index in [4.69, 9.17) is 10.5 Å². The van der Waals surface area contributed by atoms with Crippen molar-refractivity contribution in [3.8, 4) is 11.3 Å². The molecular formula is C14H17N3O2S. The molecule has 1 saturated heterocycles. The van der Waals surface area contributed by atoms with Gasteiger partial charge in [0.25, 0.3) is 5.56 Å². The van der Waals surface area contributed by atoms with Gasteiger partial charge in [-0.05, 0) is 31.9 Å². The number of aryl methyl sites for hydroxylation is 1. The monoisotopic (exact) mass is 291 g/mol. The first kappa shape index (κ1) is 13.3. The zero-order valence-corrected chi connectivity index (χ0v) is 12.2. The SMILES string of the molecule is Cc1ccc(-c2csc(N)n2)c(=O)n1CC1CCCO1. The number of nitrogens with zero attached hydrogens (tertiary/aromatic N) is 2. The van der Waals surface area contributed by atoms with Crippen molar-refractivity contribution in [1.29, 1.82) is 0 Å². The van der Waals surface area contributed by atoms with Gasteiger partial charge in [0, 0.05) is 17.7 Å². The topological polar surface area (TPSA) is 70.1 Å². The summed E-state index contributed by atoms with van der Waals surface area (Å²) in [7, 11) is 0. The van der Waals surface area contributed by atoms with Gasteiger partial charge in [-0.25, -0.2) is 4.98 Å². The van der Waals surface area contributed by atoms with Gasteiger partial charge < -0.3 is 15.0 Å². The Balaban J connectivity index is 1.99. The van der Waals surface area contributed by atoms with Crippen LogP contribution in [-0.4, -0.2) is 22.3 Å². The highest BCUT2D eigenvalue weighted by Crippen LogP contribution is 2.21. The van der Waals surface area contributed by atoms with E-state index in [0.29, 0.717) is 22.9 Å². The first-order valence-electron chi connectivity index (χ1n) is 6.68. The lowest BCUT2D eigenvalue weighted by Gasteiger charge is -2.15. The average molecular weight is 291 g/mol. The molecule has 0 aromatic carbocycles. The van der Waals surface area contributed by atoms with Gasteiger partial charge in [-0.2, -0.15) is 0 Å². The van der Waals surface area contributed by atoms with Crippen molar-refractivity contribution in [3.05, 3.63) is 33.6 Å². The third kappa shape index (κ3) is 2.48. The van der Waals surface area contributed by atoms with E-state index >= 15 is 0 Å². The third-order valence-electron chi connectivity index (χ3n) is 3.60. The molecule has 3 rings (SSSR count). The number of pyridine rings is 1. The number of thiazole rings is 1. The second-order valence-electron chi connectivity index (χ2n) is 5.01. The van der Waals surface area contributed by atoms with Crippen LogP contribution in [0.2, 0.25) is 0 Å². The lowest BCUT2D eigenvalue weighted by Crippen LogP contribution is -2.29. The van der Waals surface area contributed by atoms with Crippen LogP contribution in [0.15, 0.2) is 22.3 Å². The summed E-state index contributed by atoms with van der Waals surface area (Å²) in [4.78, 5) is 16.8. The molecule has 2 aromatic rings. The highest BCUT2D eigenvalue weighted by molar-refractivity contribution is 7.13. The molecule has 0 radical (unpaired) electrons. The second kappa shape index (κ2) is 5.38. The quantitative estimate of drug-likeness (QED) is 0.939. The van der Waals surface area contributed by atoms with Gasteiger partial charge in [0.1, 0.15) is 0 Å². The Morgan fingerprint density at radius 1 is 1.55 bits per heavy atom. The predicted molar refractivity (Wildman–Crippen MR) is 79.9 cm³/mol. The Morgan fingerprint density at radius 2 is 2.40 bits per heavy atom. The molecular weight excluding hydrogens is 274 g/mol. The maximum absolute atomic E-state index is 12.6. The van der Waals surface area contributed by atoms with Crippen LogP contribution in [0, 0.1) is 6.92 Å². The molecule has 0 saturated carbocycles. The molecule has 1 unspecified atom stereocenters. The van der Waals surface area contributed by atoms with E-state index in [1.54, 1.807) is 4.57 Å². The van der Waals surface area contributed by atoms with Crippen molar-refractivity contribution in [2.45, 2.75) is 32.4 Å². The van der Waals surface area contributed by atoms with E-state index in [0.717, 1.165) is 25.1 Å². The zero-order valence-electron chi connectivity index (χ0n) is 11.3. The summed E-state index contributed by atoms with van der Waals surface area (Å²) in [5.41, 5.74) is 7.81. The van der Waals surface area contributed by atoms with Gasteiger partial charge in [-0.1, -0.05) is 0 Å². The highest BCUT2D eigenvalue weighted by atomic mass is 32.1. The van der Waals surface area contributed by atoms with Crippen molar-refractivity contribution in [1.82, 2.24) is 9.55 Å². The fraction of sp³-hybridized carbons (Fsp3) is 0.429. The van der Waals surface area contributed by atoms with Gasteiger partial charge in [0.05, 0.1) is 23.9 Å². The number of hydrogen-bond donors (Lipinski definition) is 1. The first-order valence-corrected chi connectivity index (χ1v) is 7.56. The molecule has 2 aromatic heterocycles. The van der Waals surface area contributed by atoms with Crippen LogP contribution in [0.4, 0.5) is 5.13 Å².